The average Bonchev–Trinajstić information content (AvgIpc) is 2.71. The summed E-state index contributed by atoms with van der Waals surface area (Å²) in [5, 5.41) is 11.6. The summed E-state index contributed by atoms with van der Waals surface area (Å²) in [6.07, 6.45) is -2.17. The van der Waals surface area contributed by atoms with Crippen LogP contribution in [0.15, 0.2) is 23.9 Å². The van der Waals surface area contributed by atoms with Gasteiger partial charge in [-0.2, -0.15) is 0 Å². The third-order valence-electron chi connectivity index (χ3n) is 4.47. The van der Waals surface area contributed by atoms with Crippen molar-refractivity contribution < 1.29 is 52.6 Å². The molecule has 0 saturated carbocycles. The SMILES string of the molecule is CC(=O)OC[C@@H](OC(C)=O)[C@@H](OC(C)=O)[C@H](OC(C)=O)[C@H](OC(C)=O)[C@@H]1CC=CC=C1[N+](=O)[O-]. The number of esters is 5. The van der Waals surface area contributed by atoms with Gasteiger partial charge in [0.25, 0.3) is 5.70 Å². The minimum atomic E-state index is -1.68. The summed E-state index contributed by atoms with van der Waals surface area (Å²) in [5.41, 5.74) is -0.350. The first-order valence-electron chi connectivity index (χ1n) is 10.2. The second-order valence-corrected chi connectivity index (χ2v) is 7.29. The highest BCUT2D eigenvalue weighted by Crippen LogP contribution is 2.32. The number of ether oxygens (including phenoxy) is 5. The van der Waals surface area contributed by atoms with E-state index in [2.05, 4.69) is 0 Å². The number of carbonyl (C=O) groups is 5. The van der Waals surface area contributed by atoms with Crippen molar-refractivity contribution in [2.75, 3.05) is 6.61 Å². The third-order valence-corrected chi connectivity index (χ3v) is 4.47. The third kappa shape index (κ3) is 9.00. The van der Waals surface area contributed by atoms with E-state index in [9.17, 15) is 34.1 Å². The lowest BCUT2D eigenvalue weighted by atomic mass is 9.85. The lowest BCUT2D eigenvalue weighted by molar-refractivity contribution is -0.437. The molecule has 0 bridgehead atoms. The summed E-state index contributed by atoms with van der Waals surface area (Å²) >= 11 is 0. The van der Waals surface area contributed by atoms with Gasteiger partial charge in [-0.15, -0.1) is 0 Å². The van der Waals surface area contributed by atoms with E-state index in [1.54, 1.807) is 6.08 Å². The fourth-order valence-electron chi connectivity index (χ4n) is 3.37. The van der Waals surface area contributed by atoms with E-state index in [4.69, 9.17) is 23.7 Å². The predicted octanol–water partition coefficient (Wildman–Crippen LogP) is 1.01. The standard InChI is InChI=1S/C21H27NO12/c1-11(23)30-10-18(31-12(2)24)20(33-14(4)26)21(34-15(5)27)19(32-13(3)25)16-8-6-7-9-17(16)22(28)29/h6-7,9,16,18-21H,8,10H2,1-5H3/t16-,18-,19-,20-,21-/m1/s1. The van der Waals surface area contributed by atoms with Crippen LogP contribution in [0.25, 0.3) is 0 Å². The predicted molar refractivity (Wildman–Crippen MR) is 111 cm³/mol. The van der Waals surface area contributed by atoms with Gasteiger partial charge in [-0.25, -0.2) is 0 Å². The molecule has 0 aromatic rings. The van der Waals surface area contributed by atoms with E-state index in [1.807, 2.05) is 0 Å². The van der Waals surface area contributed by atoms with Gasteiger partial charge in [0.2, 0.25) is 0 Å². The van der Waals surface area contributed by atoms with Crippen molar-refractivity contribution in [1.82, 2.24) is 0 Å². The molecule has 34 heavy (non-hydrogen) atoms. The number of hydrogen-bond acceptors (Lipinski definition) is 12. The zero-order chi connectivity index (χ0) is 26.0. The molecule has 1 aliphatic rings. The summed E-state index contributed by atoms with van der Waals surface area (Å²) in [4.78, 5) is 69.9. The topological polar surface area (TPSA) is 175 Å². The van der Waals surface area contributed by atoms with Gasteiger partial charge in [0.15, 0.2) is 24.4 Å². The molecular formula is C21H27NO12. The number of hydrogen-bond donors (Lipinski definition) is 0. The van der Waals surface area contributed by atoms with Gasteiger partial charge in [-0.05, 0) is 6.42 Å². The fraction of sp³-hybridized carbons (Fsp3) is 0.571. The maximum Gasteiger partial charge on any atom is 0.303 e. The van der Waals surface area contributed by atoms with Gasteiger partial charge in [-0.1, -0.05) is 12.2 Å². The van der Waals surface area contributed by atoms with Gasteiger partial charge in [0, 0.05) is 40.7 Å². The van der Waals surface area contributed by atoms with Gasteiger partial charge in [-0.3, -0.25) is 34.1 Å². The van der Waals surface area contributed by atoms with E-state index < -0.39 is 71.7 Å². The summed E-state index contributed by atoms with van der Waals surface area (Å²) in [5.74, 6) is -5.42. The maximum absolute atomic E-state index is 12.0. The highest BCUT2D eigenvalue weighted by atomic mass is 16.6. The molecule has 0 N–H and O–H groups in total. The Kier molecular flexibility index (Phi) is 10.9. The average molecular weight is 485 g/mol. The highest BCUT2D eigenvalue weighted by molar-refractivity contribution is 5.69. The molecule has 1 rings (SSSR count). The second-order valence-electron chi connectivity index (χ2n) is 7.29. The van der Waals surface area contributed by atoms with Gasteiger partial charge in [0.05, 0.1) is 10.8 Å². The van der Waals surface area contributed by atoms with Crippen LogP contribution in [-0.2, 0) is 47.7 Å². The Labute approximate surface area is 195 Å². The fourth-order valence-corrected chi connectivity index (χ4v) is 3.37. The number of nitro groups is 1. The Morgan fingerprint density at radius 1 is 0.882 bits per heavy atom. The van der Waals surface area contributed by atoms with Crippen LogP contribution >= 0.6 is 0 Å². The zero-order valence-electron chi connectivity index (χ0n) is 19.4. The number of carbonyl (C=O) groups excluding carboxylic acids is 5. The van der Waals surface area contributed by atoms with E-state index in [0.29, 0.717) is 0 Å². The normalized spacial score (nSPS) is 18.3. The van der Waals surface area contributed by atoms with Crippen LogP contribution in [0, 0.1) is 16.0 Å². The summed E-state index contributed by atoms with van der Waals surface area (Å²) in [6, 6.07) is 0. The van der Waals surface area contributed by atoms with Crippen LogP contribution in [0.2, 0.25) is 0 Å². The molecule has 0 unspecified atom stereocenters. The van der Waals surface area contributed by atoms with Crippen molar-refractivity contribution in [1.29, 1.82) is 0 Å². The van der Waals surface area contributed by atoms with E-state index in [0.717, 1.165) is 34.6 Å². The molecule has 0 spiro atoms. The molecule has 0 heterocycles. The Morgan fingerprint density at radius 2 is 1.41 bits per heavy atom. The Balaban J connectivity index is 3.64. The van der Waals surface area contributed by atoms with Crippen molar-refractivity contribution in [3.63, 3.8) is 0 Å². The van der Waals surface area contributed by atoms with E-state index in [1.165, 1.54) is 12.2 Å². The first-order chi connectivity index (χ1) is 15.8. The Morgan fingerprint density at radius 3 is 1.88 bits per heavy atom. The van der Waals surface area contributed by atoms with Crippen LogP contribution in [-0.4, -0.2) is 65.8 Å². The van der Waals surface area contributed by atoms with Crippen LogP contribution in [0.3, 0.4) is 0 Å². The number of rotatable bonds is 11. The van der Waals surface area contributed by atoms with Crippen molar-refractivity contribution in [2.24, 2.45) is 5.92 Å². The minimum Gasteiger partial charge on any atom is -0.462 e. The van der Waals surface area contributed by atoms with Gasteiger partial charge < -0.3 is 23.7 Å². The first-order valence-corrected chi connectivity index (χ1v) is 10.2. The van der Waals surface area contributed by atoms with Crippen LogP contribution in [0.4, 0.5) is 0 Å². The Bertz CT molecular complexity index is 877. The molecule has 0 fully saturated rings. The Hall–Kier alpha value is -3.77. The van der Waals surface area contributed by atoms with E-state index >= 15 is 0 Å². The number of allylic oxidation sites excluding steroid dienone is 3. The summed E-state index contributed by atoms with van der Waals surface area (Å²) < 4.78 is 26.0. The monoisotopic (exact) mass is 485 g/mol. The summed E-state index contributed by atoms with van der Waals surface area (Å²) in [6.45, 7) is 4.58. The molecular weight excluding hydrogens is 458 g/mol. The molecule has 0 amide bonds. The molecule has 5 atom stereocenters. The molecule has 0 aromatic heterocycles. The molecule has 188 valence electrons. The van der Waals surface area contributed by atoms with Crippen molar-refractivity contribution in [3.05, 3.63) is 34.0 Å². The second kappa shape index (κ2) is 13.1. The van der Waals surface area contributed by atoms with Crippen LogP contribution in [0.5, 0.6) is 0 Å². The van der Waals surface area contributed by atoms with Crippen molar-refractivity contribution in [3.8, 4) is 0 Å². The molecule has 0 radical (unpaired) electrons. The molecule has 0 aliphatic heterocycles. The van der Waals surface area contributed by atoms with E-state index in [-0.39, 0.29) is 12.1 Å². The smallest absolute Gasteiger partial charge is 0.303 e. The zero-order valence-corrected chi connectivity index (χ0v) is 19.4. The van der Waals surface area contributed by atoms with Gasteiger partial charge >= 0.3 is 29.8 Å². The molecule has 0 aromatic carbocycles. The molecule has 13 nitrogen and oxygen atoms in total. The van der Waals surface area contributed by atoms with Crippen molar-refractivity contribution in [2.45, 2.75) is 65.5 Å². The molecule has 1 aliphatic carbocycles. The number of nitrogens with zero attached hydrogens (tertiary/aromatic N) is 1. The first kappa shape index (κ1) is 28.3. The van der Waals surface area contributed by atoms with Crippen molar-refractivity contribution >= 4 is 29.8 Å². The lowest BCUT2D eigenvalue weighted by Crippen LogP contribution is -2.55. The minimum absolute atomic E-state index is 0.0114. The molecule has 13 heteroatoms. The largest absolute Gasteiger partial charge is 0.462 e. The lowest BCUT2D eigenvalue weighted by Gasteiger charge is -2.37. The maximum atomic E-state index is 12.0. The van der Waals surface area contributed by atoms with Crippen LogP contribution in [0.1, 0.15) is 41.0 Å². The quantitative estimate of drug-likeness (QED) is 0.176. The molecule has 0 saturated heterocycles. The van der Waals surface area contributed by atoms with Crippen LogP contribution < -0.4 is 0 Å². The highest BCUT2D eigenvalue weighted by Gasteiger charge is 2.49. The summed E-state index contributed by atoms with van der Waals surface area (Å²) in [7, 11) is 0. The van der Waals surface area contributed by atoms with Gasteiger partial charge in [0.1, 0.15) is 6.61 Å².